The van der Waals surface area contributed by atoms with Crippen LogP contribution in [0.4, 0.5) is 0 Å². The molecule has 5 heteroatoms. The van der Waals surface area contributed by atoms with Crippen molar-refractivity contribution in [3.8, 4) is 22.3 Å². The van der Waals surface area contributed by atoms with Crippen molar-refractivity contribution in [1.29, 1.82) is 0 Å². The Morgan fingerprint density at radius 3 is 1.12 bits per heavy atom. The van der Waals surface area contributed by atoms with E-state index in [1.54, 1.807) is 0 Å². The average Bonchev–Trinajstić information content (AvgIpc) is 3.38. The van der Waals surface area contributed by atoms with Crippen molar-refractivity contribution in [3.05, 3.63) is 108 Å². The predicted octanol–water partition coefficient (Wildman–Crippen LogP) is 1.81. The number of rotatable bonds is 3. The van der Waals surface area contributed by atoms with Crippen LogP contribution in [0.5, 0.6) is 0 Å². The molecule has 0 unspecified atom stereocenters. The number of hydrogen-bond donors (Lipinski definition) is 0. The third-order valence-electron chi connectivity index (χ3n) is 5.09. The molecule has 0 bridgehead atoms. The first-order valence-electron chi connectivity index (χ1n) is 10.9. The van der Waals surface area contributed by atoms with Crippen LogP contribution < -0.4 is 24.8 Å². The van der Waals surface area contributed by atoms with Crippen LogP contribution in [0.25, 0.3) is 22.3 Å². The Morgan fingerprint density at radius 2 is 0.909 bits per heavy atom. The molecule has 0 heterocycles. The molecular formula is C28H36Cl2Si2Zr. The molecule has 33 heavy (non-hydrogen) atoms. The largest absolute Gasteiger partial charge is 4.00 e. The third kappa shape index (κ3) is 13.5. The van der Waals surface area contributed by atoms with Crippen LogP contribution in [-0.4, -0.2) is 16.6 Å². The fraction of sp³-hybridized carbons (Fsp3) is 0.214. The first kappa shape index (κ1) is 34.2. The second kappa shape index (κ2) is 17.5. The van der Waals surface area contributed by atoms with Gasteiger partial charge in [0, 0.05) is 16.6 Å². The van der Waals surface area contributed by atoms with Gasteiger partial charge in [0.05, 0.1) is 0 Å². The zero-order chi connectivity index (χ0) is 22.0. The molecule has 4 aromatic rings. The summed E-state index contributed by atoms with van der Waals surface area (Å²) in [5, 5.41) is 0. The van der Waals surface area contributed by atoms with Crippen LogP contribution in [-0.2, 0) is 26.2 Å². The van der Waals surface area contributed by atoms with Gasteiger partial charge in [0.15, 0.2) is 0 Å². The van der Waals surface area contributed by atoms with Crippen LogP contribution in [0, 0.1) is 13.8 Å². The first-order valence-corrected chi connectivity index (χ1v) is 18.1. The summed E-state index contributed by atoms with van der Waals surface area (Å²) in [6.07, 6.45) is 0. The molecule has 0 fully saturated rings. The summed E-state index contributed by atoms with van der Waals surface area (Å²) in [6, 6.07) is 33.9. The summed E-state index contributed by atoms with van der Waals surface area (Å²) in [5.74, 6) is 0. The Morgan fingerprint density at radius 1 is 0.606 bits per heavy atom. The molecule has 0 saturated heterocycles. The zero-order valence-corrected chi connectivity index (χ0v) is 27.1. The second-order valence-corrected chi connectivity index (χ2v) is 23.3. The molecule has 174 valence electrons. The summed E-state index contributed by atoms with van der Waals surface area (Å²) in [5.41, 5.74) is 7.88. The fourth-order valence-corrected chi connectivity index (χ4v) is 2.75. The van der Waals surface area contributed by atoms with Gasteiger partial charge in [-0.05, 0) is 0 Å². The van der Waals surface area contributed by atoms with Crippen LogP contribution in [0.1, 0.15) is 11.1 Å². The molecule has 0 nitrogen and oxygen atoms in total. The summed E-state index contributed by atoms with van der Waals surface area (Å²) in [4.78, 5) is 0. The van der Waals surface area contributed by atoms with Crippen LogP contribution in [0.15, 0.2) is 97.1 Å². The fourth-order valence-electron chi connectivity index (χ4n) is 2.75. The molecule has 4 rings (SSSR count). The molecule has 0 saturated carbocycles. The maximum atomic E-state index is 2.44. The van der Waals surface area contributed by atoms with Gasteiger partial charge in [-0.15, -0.1) is 0 Å². The van der Waals surface area contributed by atoms with E-state index in [4.69, 9.17) is 0 Å². The van der Waals surface area contributed by atoms with Crippen molar-refractivity contribution < 1.29 is 51.0 Å². The smallest absolute Gasteiger partial charge is 1.00 e. The van der Waals surface area contributed by atoms with E-state index in [1.165, 1.54) is 33.4 Å². The van der Waals surface area contributed by atoms with Crippen molar-refractivity contribution in [2.24, 2.45) is 0 Å². The van der Waals surface area contributed by atoms with Crippen LogP contribution in [0.3, 0.4) is 0 Å². The maximum absolute atomic E-state index is 2.44. The van der Waals surface area contributed by atoms with Gasteiger partial charge in [0.2, 0.25) is 0 Å². The van der Waals surface area contributed by atoms with Gasteiger partial charge in [-0.3, -0.25) is 0 Å². The van der Waals surface area contributed by atoms with E-state index in [9.17, 15) is 0 Å². The zero-order valence-electron chi connectivity index (χ0n) is 20.7. The van der Waals surface area contributed by atoms with Gasteiger partial charge in [0.1, 0.15) is 0 Å². The third-order valence-corrected chi connectivity index (χ3v) is 13.6. The molecule has 0 aliphatic carbocycles. The Hall–Kier alpha value is -0.963. The molecular weight excluding hydrogens is 555 g/mol. The summed E-state index contributed by atoms with van der Waals surface area (Å²) < 4.78 is 0. The Kier molecular flexibility index (Phi) is 18.1. The van der Waals surface area contributed by atoms with E-state index in [2.05, 4.69) is 125 Å². The molecule has 0 N–H and O–H groups in total. The van der Waals surface area contributed by atoms with E-state index in [0.717, 1.165) is 0 Å². The maximum Gasteiger partial charge on any atom is 4.00 e. The SMILES string of the molecule is C[SiH2][Si](C)(C)C.Cc1cc(-c2ccccc2)c[cH-]1.Cc1cc(-c2ccccc2)c[cH-]1.[Cl-].[Cl-].[Zr+4]. The van der Waals surface area contributed by atoms with Gasteiger partial charge in [-0.25, -0.2) is 12.1 Å². The standard InChI is InChI=1S/2C12H11.C4H14Si2.2ClH.Zr/c2*1-10-7-8-12(9-10)11-5-3-2-4-6-11;1-5-6(2,3)4;;;/h2*2-9H,1H3;5H2,1-4H3;2*1H;/q2*-1;;;;+4/p-2. The number of aryl methyl sites for hydroxylation is 2. The second-order valence-electron chi connectivity index (χ2n) is 9.00. The number of benzene rings is 2. The van der Waals surface area contributed by atoms with E-state index in [-0.39, 0.29) is 51.0 Å². The van der Waals surface area contributed by atoms with Crippen LogP contribution >= 0.6 is 0 Å². The quantitative estimate of drug-likeness (QED) is 0.252. The van der Waals surface area contributed by atoms with Crippen molar-refractivity contribution >= 4 is 16.6 Å². The predicted molar refractivity (Wildman–Crippen MR) is 142 cm³/mol. The molecule has 0 radical (unpaired) electrons. The van der Waals surface area contributed by atoms with Gasteiger partial charge in [-0.1, -0.05) is 112 Å². The van der Waals surface area contributed by atoms with Gasteiger partial charge < -0.3 is 24.8 Å². The molecule has 4 aromatic carbocycles. The average molecular weight is 591 g/mol. The Bertz CT molecular complexity index is 912. The summed E-state index contributed by atoms with van der Waals surface area (Å²) in [7, 11) is -0.101. The Labute approximate surface area is 236 Å². The van der Waals surface area contributed by atoms with Crippen molar-refractivity contribution in [2.75, 3.05) is 0 Å². The molecule has 0 aromatic heterocycles. The molecule has 0 atom stereocenters. The molecule has 0 amide bonds. The molecule has 0 aliphatic rings. The van der Waals surface area contributed by atoms with Crippen molar-refractivity contribution in [1.82, 2.24) is 0 Å². The van der Waals surface area contributed by atoms with Crippen molar-refractivity contribution in [2.45, 2.75) is 40.0 Å². The summed E-state index contributed by atoms with van der Waals surface area (Å²) >= 11 is 0. The minimum atomic E-state index is -0.492. The normalized spacial score (nSPS) is 9.88. The minimum absolute atomic E-state index is 0. The monoisotopic (exact) mass is 588 g/mol. The van der Waals surface area contributed by atoms with Gasteiger partial charge >= 0.3 is 26.2 Å². The topological polar surface area (TPSA) is 0 Å². The number of halogens is 2. The first-order chi connectivity index (χ1) is 14.3. The Balaban J connectivity index is 0. The molecule has 0 aliphatic heterocycles. The van der Waals surface area contributed by atoms with Gasteiger partial charge in [-0.2, -0.15) is 46.5 Å². The van der Waals surface area contributed by atoms with E-state index in [0.29, 0.717) is 9.04 Å². The summed E-state index contributed by atoms with van der Waals surface area (Å²) in [6.45, 7) is 14.0. The molecule has 0 spiro atoms. The minimum Gasteiger partial charge on any atom is -1.00 e. The van der Waals surface area contributed by atoms with E-state index >= 15 is 0 Å². The van der Waals surface area contributed by atoms with E-state index in [1.807, 2.05) is 12.1 Å². The van der Waals surface area contributed by atoms with Crippen LogP contribution in [0.2, 0.25) is 26.2 Å². The van der Waals surface area contributed by atoms with E-state index < -0.39 is 7.59 Å². The van der Waals surface area contributed by atoms with Gasteiger partial charge in [0.25, 0.3) is 0 Å². The van der Waals surface area contributed by atoms with Crippen molar-refractivity contribution in [3.63, 3.8) is 0 Å². The number of hydrogen-bond acceptors (Lipinski definition) is 0.